The third-order valence-corrected chi connectivity index (χ3v) is 4.66. The maximum absolute atomic E-state index is 6.83. The van der Waals surface area contributed by atoms with Gasteiger partial charge in [0.1, 0.15) is 0 Å². The minimum atomic E-state index is -0.270. The van der Waals surface area contributed by atoms with Crippen molar-refractivity contribution in [2.45, 2.75) is 51.0 Å². The van der Waals surface area contributed by atoms with Gasteiger partial charge in [0.25, 0.3) is 0 Å². The van der Waals surface area contributed by atoms with Gasteiger partial charge in [-0.1, -0.05) is 43.7 Å². The Bertz CT molecular complexity index is 603. The molecule has 0 amide bonds. The van der Waals surface area contributed by atoms with Gasteiger partial charge in [-0.3, -0.25) is 4.98 Å². The molecule has 2 N–H and O–H groups in total. The third-order valence-electron chi connectivity index (χ3n) is 4.66. The van der Waals surface area contributed by atoms with E-state index in [1.54, 1.807) is 0 Å². The van der Waals surface area contributed by atoms with Crippen molar-refractivity contribution in [3.8, 4) is 0 Å². The first kappa shape index (κ1) is 14.3. The highest BCUT2D eigenvalue weighted by molar-refractivity contribution is 5.36. The molecular weight excluding hydrogens is 256 g/mol. The molecule has 1 atom stereocenters. The first-order chi connectivity index (χ1) is 10.2. The molecule has 2 heteroatoms. The van der Waals surface area contributed by atoms with Crippen LogP contribution in [0.2, 0.25) is 0 Å². The summed E-state index contributed by atoms with van der Waals surface area (Å²) in [6.07, 6.45) is 8.47. The second-order valence-corrected chi connectivity index (χ2v) is 6.21. The van der Waals surface area contributed by atoms with Crippen LogP contribution in [0.1, 0.15) is 48.6 Å². The van der Waals surface area contributed by atoms with Gasteiger partial charge in [-0.05, 0) is 48.4 Å². The number of rotatable bonds is 3. The van der Waals surface area contributed by atoms with Crippen molar-refractivity contribution in [3.05, 3.63) is 65.0 Å². The van der Waals surface area contributed by atoms with E-state index in [1.807, 2.05) is 6.20 Å². The Balaban J connectivity index is 1.91. The van der Waals surface area contributed by atoms with Crippen molar-refractivity contribution in [2.24, 2.45) is 5.73 Å². The Kier molecular flexibility index (Phi) is 4.07. The number of hydrogen-bond donors (Lipinski definition) is 1. The summed E-state index contributed by atoms with van der Waals surface area (Å²) in [6.45, 7) is 2.16. The molecule has 1 aromatic heterocycles. The predicted octanol–water partition coefficient (Wildman–Crippen LogP) is 3.77. The van der Waals surface area contributed by atoms with Gasteiger partial charge in [0, 0.05) is 23.9 Å². The molecule has 1 heterocycles. The molecule has 0 radical (unpaired) electrons. The van der Waals surface area contributed by atoms with E-state index in [4.69, 9.17) is 5.73 Å². The van der Waals surface area contributed by atoms with Crippen LogP contribution in [0.4, 0.5) is 0 Å². The molecule has 2 nitrogen and oxygen atoms in total. The lowest BCUT2D eigenvalue weighted by molar-refractivity contribution is 0.395. The molecule has 0 spiro atoms. The zero-order valence-corrected chi connectivity index (χ0v) is 12.8. The maximum Gasteiger partial charge on any atom is 0.0468 e. The zero-order valence-electron chi connectivity index (χ0n) is 12.8. The number of aromatic nitrogens is 1. The molecule has 1 aliphatic rings. The largest absolute Gasteiger partial charge is 0.321 e. The SMILES string of the molecule is CCc1ccc(CC2(N)CCCCc3ccccc32)nc1. The van der Waals surface area contributed by atoms with Crippen LogP contribution in [-0.4, -0.2) is 4.98 Å². The Labute approximate surface area is 127 Å². The molecule has 2 aromatic rings. The highest BCUT2D eigenvalue weighted by atomic mass is 14.8. The Morgan fingerprint density at radius 3 is 2.76 bits per heavy atom. The number of aryl methyl sites for hydroxylation is 2. The van der Waals surface area contributed by atoms with Crippen LogP contribution in [0.15, 0.2) is 42.6 Å². The molecule has 1 aliphatic carbocycles. The van der Waals surface area contributed by atoms with E-state index < -0.39 is 0 Å². The Hall–Kier alpha value is -1.67. The molecule has 0 bridgehead atoms. The van der Waals surface area contributed by atoms with E-state index in [0.717, 1.165) is 31.4 Å². The molecule has 1 unspecified atom stereocenters. The minimum absolute atomic E-state index is 0.270. The number of nitrogens with zero attached hydrogens (tertiary/aromatic N) is 1. The van der Waals surface area contributed by atoms with E-state index in [2.05, 4.69) is 48.3 Å². The molecule has 0 saturated carbocycles. The first-order valence-electron chi connectivity index (χ1n) is 8.02. The van der Waals surface area contributed by atoms with E-state index in [1.165, 1.54) is 29.5 Å². The standard InChI is InChI=1S/C19H24N2/c1-2-15-10-11-17(21-14-15)13-19(20)12-6-5-8-16-7-3-4-9-18(16)19/h3-4,7,9-11,14H,2,5-6,8,12-13,20H2,1H3. The third kappa shape index (κ3) is 3.01. The monoisotopic (exact) mass is 280 g/mol. The summed E-state index contributed by atoms with van der Waals surface area (Å²) < 4.78 is 0. The fourth-order valence-corrected chi connectivity index (χ4v) is 3.39. The van der Waals surface area contributed by atoms with Crippen LogP contribution in [-0.2, 0) is 24.8 Å². The lowest BCUT2D eigenvalue weighted by Gasteiger charge is -2.30. The summed E-state index contributed by atoms with van der Waals surface area (Å²) in [5.41, 5.74) is 11.7. The van der Waals surface area contributed by atoms with E-state index in [0.29, 0.717) is 0 Å². The molecule has 0 aliphatic heterocycles. The van der Waals surface area contributed by atoms with Gasteiger partial charge in [0.05, 0.1) is 0 Å². The molecule has 3 rings (SSSR count). The Morgan fingerprint density at radius 1 is 1.14 bits per heavy atom. The molecular formula is C19H24N2. The number of pyridine rings is 1. The average Bonchev–Trinajstić information content (AvgIpc) is 2.68. The van der Waals surface area contributed by atoms with Crippen molar-refractivity contribution in [3.63, 3.8) is 0 Å². The maximum atomic E-state index is 6.83. The van der Waals surface area contributed by atoms with Gasteiger partial charge in [-0.2, -0.15) is 0 Å². The van der Waals surface area contributed by atoms with Crippen LogP contribution in [0, 0.1) is 0 Å². The summed E-state index contributed by atoms with van der Waals surface area (Å²) >= 11 is 0. The smallest absolute Gasteiger partial charge is 0.0468 e. The lowest BCUT2D eigenvalue weighted by atomic mass is 9.81. The van der Waals surface area contributed by atoms with Crippen molar-refractivity contribution < 1.29 is 0 Å². The van der Waals surface area contributed by atoms with Crippen LogP contribution in [0.5, 0.6) is 0 Å². The fraction of sp³-hybridized carbons (Fsp3) is 0.421. The highest BCUT2D eigenvalue weighted by Gasteiger charge is 2.31. The Morgan fingerprint density at radius 2 is 2.00 bits per heavy atom. The fourth-order valence-electron chi connectivity index (χ4n) is 3.39. The lowest BCUT2D eigenvalue weighted by Crippen LogP contribution is -2.39. The molecule has 1 aromatic carbocycles. The molecule has 0 saturated heterocycles. The van der Waals surface area contributed by atoms with Crippen molar-refractivity contribution >= 4 is 0 Å². The summed E-state index contributed by atoms with van der Waals surface area (Å²) in [7, 11) is 0. The van der Waals surface area contributed by atoms with E-state index in [9.17, 15) is 0 Å². The topological polar surface area (TPSA) is 38.9 Å². The van der Waals surface area contributed by atoms with Crippen molar-refractivity contribution in [1.82, 2.24) is 4.98 Å². The van der Waals surface area contributed by atoms with Crippen LogP contribution in [0.25, 0.3) is 0 Å². The quantitative estimate of drug-likeness (QED) is 0.869. The summed E-state index contributed by atoms with van der Waals surface area (Å²) in [4.78, 5) is 4.61. The summed E-state index contributed by atoms with van der Waals surface area (Å²) in [5, 5.41) is 0. The van der Waals surface area contributed by atoms with Gasteiger partial charge in [-0.25, -0.2) is 0 Å². The van der Waals surface area contributed by atoms with Crippen LogP contribution in [0.3, 0.4) is 0 Å². The normalized spacial score (nSPS) is 21.6. The van der Waals surface area contributed by atoms with Crippen molar-refractivity contribution in [2.75, 3.05) is 0 Å². The summed E-state index contributed by atoms with van der Waals surface area (Å²) in [6, 6.07) is 13.0. The molecule has 110 valence electrons. The molecule has 21 heavy (non-hydrogen) atoms. The zero-order chi connectivity index (χ0) is 14.7. The average molecular weight is 280 g/mol. The van der Waals surface area contributed by atoms with Gasteiger partial charge in [0.2, 0.25) is 0 Å². The minimum Gasteiger partial charge on any atom is -0.321 e. The second kappa shape index (κ2) is 5.98. The van der Waals surface area contributed by atoms with E-state index >= 15 is 0 Å². The number of benzene rings is 1. The number of fused-ring (bicyclic) bond motifs is 1. The van der Waals surface area contributed by atoms with Crippen LogP contribution < -0.4 is 5.73 Å². The second-order valence-electron chi connectivity index (χ2n) is 6.21. The number of nitrogens with two attached hydrogens (primary N) is 1. The van der Waals surface area contributed by atoms with E-state index in [-0.39, 0.29) is 5.54 Å². The van der Waals surface area contributed by atoms with Gasteiger partial charge < -0.3 is 5.73 Å². The highest BCUT2D eigenvalue weighted by Crippen LogP contribution is 2.34. The van der Waals surface area contributed by atoms with Crippen LogP contribution >= 0.6 is 0 Å². The number of hydrogen-bond acceptors (Lipinski definition) is 2. The predicted molar refractivity (Wildman–Crippen MR) is 87.2 cm³/mol. The van der Waals surface area contributed by atoms with Gasteiger partial charge >= 0.3 is 0 Å². The van der Waals surface area contributed by atoms with Crippen molar-refractivity contribution in [1.29, 1.82) is 0 Å². The summed E-state index contributed by atoms with van der Waals surface area (Å²) in [5.74, 6) is 0. The first-order valence-corrected chi connectivity index (χ1v) is 8.02. The molecule has 0 fully saturated rings. The van der Waals surface area contributed by atoms with Gasteiger partial charge in [0.15, 0.2) is 0 Å². The van der Waals surface area contributed by atoms with Gasteiger partial charge in [-0.15, -0.1) is 0 Å².